The maximum atomic E-state index is 13.2. The molecule has 2 N–H and O–H groups in total. The highest BCUT2D eigenvalue weighted by Gasteiger charge is 2.23. The summed E-state index contributed by atoms with van der Waals surface area (Å²) in [6.45, 7) is 0.514. The number of aliphatic hydroxyl groups excluding tert-OH is 1. The highest BCUT2D eigenvalue weighted by Crippen LogP contribution is 2.24. The second-order valence-corrected chi connectivity index (χ2v) is 5.08. The Balaban J connectivity index is 1.89. The van der Waals surface area contributed by atoms with Crippen molar-refractivity contribution in [2.75, 3.05) is 6.54 Å². The van der Waals surface area contributed by atoms with E-state index in [0.717, 1.165) is 25.3 Å². The number of benzene rings is 1. The first-order chi connectivity index (χ1) is 8.56. The van der Waals surface area contributed by atoms with Gasteiger partial charge in [0.15, 0.2) is 0 Å². The summed E-state index contributed by atoms with van der Waals surface area (Å²) in [6, 6.07) is 3.98. The van der Waals surface area contributed by atoms with E-state index in [9.17, 15) is 14.3 Å². The van der Waals surface area contributed by atoms with E-state index < -0.39 is 5.82 Å². The summed E-state index contributed by atoms with van der Waals surface area (Å²) in [4.78, 5) is 11.8. The van der Waals surface area contributed by atoms with Gasteiger partial charge in [0.1, 0.15) is 5.82 Å². The van der Waals surface area contributed by atoms with E-state index in [0.29, 0.717) is 12.5 Å². The van der Waals surface area contributed by atoms with Gasteiger partial charge in [0.25, 0.3) is 5.91 Å². The predicted molar refractivity (Wildman–Crippen MR) is 67.1 cm³/mol. The average Bonchev–Trinajstić information content (AvgIpc) is 2.75. The van der Waals surface area contributed by atoms with Crippen LogP contribution in [0.2, 0.25) is 5.02 Å². The lowest BCUT2D eigenvalue weighted by Gasteiger charge is -2.11. The molecule has 0 aromatic heterocycles. The molecule has 0 heterocycles. The van der Waals surface area contributed by atoms with Crippen LogP contribution in [0.4, 0.5) is 4.39 Å². The fourth-order valence-corrected chi connectivity index (χ4v) is 2.33. The van der Waals surface area contributed by atoms with Gasteiger partial charge in [-0.25, -0.2) is 4.39 Å². The van der Waals surface area contributed by atoms with Crippen LogP contribution in [0, 0.1) is 11.7 Å². The summed E-state index contributed by atoms with van der Waals surface area (Å²) in [5, 5.41) is 12.1. The fraction of sp³-hybridized carbons (Fsp3) is 0.462. The first kappa shape index (κ1) is 13.3. The molecule has 0 radical (unpaired) electrons. The van der Waals surface area contributed by atoms with Crippen molar-refractivity contribution in [3.63, 3.8) is 0 Å². The number of rotatable bonds is 3. The van der Waals surface area contributed by atoms with E-state index in [1.807, 2.05) is 0 Å². The molecular formula is C13H15ClFNO2. The Morgan fingerprint density at radius 1 is 1.50 bits per heavy atom. The molecule has 5 heteroatoms. The number of hydrogen-bond acceptors (Lipinski definition) is 2. The van der Waals surface area contributed by atoms with Crippen molar-refractivity contribution >= 4 is 17.5 Å². The van der Waals surface area contributed by atoms with Crippen LogP contribution >= 0.6 is 11.6 Å². The Morgan fingerprint density at radius 3 is 2.89 bits per heavy atom. The molecule has 0 aliphatic heterocycles. The molecule has 1 aromatic rings. The normalized spacial score (nSPS) is 23.1. The molecule has 18 heavy (non-hydrogen) atoms. The molecule has 2 unspecified atom stereocenters. The fourth-order valence-electron chi connectivity index (χ4n) is 2.21. The summed E-state index contributed by atoms with van der Waals surface area (Å²) in [7, 11) is 0. The Bertz CT molecular complexity index is 453. The zero-order valence-electron chi connectivity index (χ0n) is 9.83. The van der Waals surface area contributed by atoms with Gasteiger partial charge in [-0.1, -0.05) is 11.6 Å². The van der Waals surface area contributed by atoms with Crippen molar-refractivity contribution in [1.29, 1.82) is 0 Å². The molecule has 1 amide bonds. The van der Waals surface area contributed by atoms with E-state index >= 15 is 0 Å². The summed E-state index contributed by atoms with van der Waals surface area (Å²) in [5.74, 6) is -0.603. The summed E-state index contributed by atoms with van der Waals surface area (Å²) < 4.78 is 13.2. The van der Waals surface area contributed by atoms with Crippen molar-refractivity contribution in [3.8, 4) is 0 Å². The zero-order valence-corrected chi connectivity index (χ0v) is 10.6. The summed E-state index contributed by atoms with van der Waals surface area (Å²) >= 11 is 5.55. The van der Waals surface area contributed by atoms with E-state index in [1.54, 1.807) is 0 Å². The minimum Gasteiger partial charge on any atom is -0.393 e. The van der Waals surface area contributed by atoms with Gasteiger partial charge in [-0.2, -0.15) is 0 Å². The van der Waals surface area contributed by atoms with Gasteiger partial charge in [-0.15, -0.1) is 0 Å². The van der Waals surface area contributed by atoms with Crippen LogP contribution < -0.4 is 5.32 Å². The Labute approximate surface area is 110 Å². The third-order valence-corrected chi connectivity index (χ3v) is 3.55. The molecule has 98 valence electrons. The van der Waals surface area contributed by atoms with Gasteiger partial charge in [0, 0.05) is 12.1 Å². The van der Waals surface area contributed by atoms with Crippen molar-refractivity contribution in [3.05, 3.63) is 34.6 Å². The van der Waals surface area contributed by atoms with Crippen molar-refractivity contribution in [2.24, 2.45) is 5.92 Å². The maximum Gasteiger partial charge on any atom is 0.251 e. The summed E-state index contributed by atoms with van der Waals surface area (Å²) in [5.41, 5.74) is 0.260. The van der Waals surface area contributed by atoms with Crippen LogP contribution in [0.25, 0.3) is 0 Å². The first-order valence-corrected chi connectivity index (χ1v) is 6.35. The second kappa shape index (κ2) is 5.67. The van der Waals surface area contributed by atoms with Crippen molar-refractivity contribution in [2.45, 2.75) is 25.4 Å². The molecule has 0 bridgehead atoms. The first-order valence-electron chi connectivity index (χ1n) is 5.97. The van der Waals surface area contributed by atoms with Crippen LogP contribution in [-0.4, -0.2) is 23.7 Å². The van der Waals surface area contributed by atoms with Gasteiger partial charge in [0.05, 0.1) is 11.1 Å². The molecular weight excluding hydrogens is 257 g/mol. The molecule has 1 fully saturated rings. The van der Waals surface area contributed by atoms with Crippen molar-refractivity contribution < 1.29 is 14.3 Å². The zero-order chi connectivity index (χ0) is 13.1. The minimum absolute atomic E-state index is 0.00506. The van der Waals surface area contributed by atoms with E-state index in [1.165, 1.54) is 12.1 Å². The standard InChI is InChI=1S/C13H15ClFNO2/c14-11-4-2-9(6-12(11)15)13(18)16-7-8-1-3-10(17)5-8/h2,4,6,8,10,17H,1,3,5,7H2,(H,16,18). The van der Waals surface area contributed by atoms with Gasteiger partial charge in [0.2, 0.25) is 0 Å². The number of halogens is 2. The average molecular weight is 272 g/mol. The minimum atomic E-state index is -0.597. The lowest BCUT2D eigenvalue weighted by molar-refractivity contribution is 0.0944. The number of hydrogen-bond donors (Lipinski definition) is 2. The molecule has 1 aromatic carbocycles. The summed E-state index contributed by atoms with van der Waals surface area (Å²) in [6.07, 6.45) is 2.17. The Kier molecular flexibility index (Phi) is 4.19. The highest BCUT2D eigenvalue weighted by atomic mass is 35.5. The van der Waals surface area contributed by atoms with Gasteiger partial charge in [-0.3, -0.25) is 4.79 Å². The van der Waals surface area contributed by atoms with Crippen LogP contribution in [-0.2, 0) is 0 Å². The van der Waals surface area contributed by atoms with Crippen LogP contribution in [0.15, 0.2) is 18.2 Å². The van der Waals surface area contributed by atoms with Gasteiger partial charge < -0.3 is 10.4 Å². The molecule has 1 aliphatic carbocycles. The largest absolute Gasteiger partial charge is 0.393 e. The predicted octanol–water partition coefficient (Wildman–Crippen LogP) is 2.37. The van der Waals surface area contributed by atoms with Crippen LogP contribution in [0.5, 0.6) is 0 Å². The Hall–Kier alpha value is -1.13. The van der Waals surface area contributed by atoms with Crippen molar-refractivity contribution in [1.82, 2.24) is 5.32 Å². The molecule has 0 spiro atoms. The third kappa shape index (κ3) is 3.21. The Morgan fingerprint density at radius 2 is 2.28 bits per heavy atom. The SMILES string of the molecule is O=C(NCC1CCC(O)C1)c1ccc(Cl)c(F)c1. The highest BCUT2D eigenvalue weighted by molar-refractivity contribution is 6.30. The van der Waals surface area contributed by atoms with E-state index in [2.05, 4.69) is 5.32 Å². The van der Waals surface area contributed by atoms with Gasteiger partial charge in [-0.05, 0) is 43.4 Å². The van der Waals surface area contributed by atoms with E-state index in [4.69, 9.17) is 11.6 Å². The molecule has 0 saturated heterocycles. The van der Waals surface area contributed by atoms with Crippen LogP contribution in [0.3, 0.4) is 0 Å². The third-order valence-electron chi connectivity index (χ3n) is 3.25. The molecule has 3 nitrogen and oxygen atoms in total. The number of carbonyl (C=O) groups is 1. The number of aliphatic hydroxyl groups is 1. The monoisotopic (exact) mass is 271 g/mol. The molecule has 1 saturated carbocycles. The molecule has 2 rings (SSSR count). The maximum absolute atomic E-state index is 13.2. The number of amides is 1. The quantitative estimate of drug-likeness (QED) is 0.887. The lowest BCUT2D eigenvalue weighted by atomic mass is 10.1. The smallest absolute Gasteiger partial charge is 0.251 e. The second-order valence-electron chi connectivity index (χ2n) is 4.67. The van der Waals surface area contributed by atoms with E-state index in [-0.39, 0.29) is 22.6 Å². The molecule has 2 atom stereocenters. The molecule has 1 aliphatic rings. The number of carbonyl (C=O) groups excluding carboxylic acids is 1. The number of nitrogens with one attached hydrogen (secondary N) is 1. The van der Waals surface area contributed by atoms with Crippen LogP contribution in [0.1, 0.15) is 29.6 Å². The van der Waals surface area contributed by atoms with Gasteiger partial charge >= 0.3 is 0 Å². The topological polar surface area (TPSA) is 49.3 Å². The lowest BCUT2D eigenvalue weighted by Crippen LogP contribution is -2.28.